The molecule has 7 heteroatoms. The van der Waals surface area contributed by atoms with Crippen molar-refractivity contribution < 1.29 is 9.53 Å². The number of nitriles is 3. The van der Waals surface area contributed by atoms with Gasteiger partial charge in [0, 0.05) is 18.2 Å². The first kappa shape index (κ1) is 18.5. The first-order valence-corrected chi connectivity index (χ1v) is 7.14. The number of ether oxygens (including phenoxy) is 1. The van der Waals surface area contributed by atoms with Crippen molar-refractivity contribution in [1.82, 2.24) is 0 Å². The van der Waals surface area contributed by atoms with E-state index < -0.39 is 0 Å². The summed E-state index contributed by atoms with van der Waals surface area (Å²) in [6.45, 7) is 3.89. The van der Waals surface area contributed by atoms with E-state index >= 15 is 0 Å². The molecule has 0 radical (unpaired) electrons. The van der Waals surface area contributed by atoms with Crippen LogP contribution in [0.2, 0.25) is 0 Å². The number of nitrogens with zero attached hydrogens (tertiary/aromatic N) is 3. The number of methoxy groups -OCH3 is 1. The number of carbonyl (C=O) groups is 1. The molecule has 0 atom stereocenters. The zero-order valence-electron chi connectivity index (χ0n) is 13.7. The number of benzene rings is 1. The first-order chi connectivity index (χ1) is 11.4. The van der Waals surface area contributed by atoms with Gasteiger partial charge >= 0.3 is 0 Å². The molecule has 0 aliphatic carbocycles. The second-order valence-electron chi connectivity index (χ2n) is 5.27. The van der Waals surface area contributed by atoms with Gasteiger partial charge in [-0.05, 0) is 18.1 Å². The SMILES string of the molecule is COc1cc(NC(C#N)=C(C#N)C#N)ccc1NC(=O)CC(C)C. The highest BCUT2D eigenvalue weighted by atomic mass is 16.5. The maximum absolute atomic E-state index is 11.9. The number of allylic oxidation sites excluding steroid dienone is 2. The minimum atomic E-state index is -0.314. The molecule has 1 aromatic carbocycles. The van der Waals surface area contributed by atoms with E-state index in [0.717, 1.165) is 0 Å². The number of rotatable bonds is 6. The van der Waals surface area contributed by atoms with Crippen LogP contribution in [0.1, 0.15) is 20.3 Å². The van der Waals surface area contributed by atoms with E-state index in [1.807, 2.05) is 13.8 Å². The van der Waals surface area contributed by atoms with Crippen LogP contribution >= 0.6 is 0 Å². The fraction of sp³-hybridized carbons (Fsp3) is 0.294. The summed E-state index contributed by atoms with van der Waals surface area (Å²) < 4.78 is 5.24. The van der Waals surface area contributed by atoms with Crippen molar-refractivity contribution in [1.29, 1.82) is 15.8 Å². The Morgan fingerprint density at radius 2 is 1.83 bits per heavy atom. The van der Waals surface area contributed by atoms with Crippen LogP contribution in [0.15, 0.2) is 29.5 Å². The molecule has 0 aliphatic heterocycles. The van der Waals surface area contributed by atoms with Crippen molar-refractivity contribution in [2.75, 3.05) is 17.7 Å². The Morgan fingerprint density at radius 1 is 1.17 bits per heavy atom. The van der Waals surface area contributed by atoms with E-state index in [-0.39, 0.29) is 23.1 Å². The lowest BCUT2D eigenvalue weighted by Gasteiger charge is -2.13. The highest BCUT2D eigenvalue weighted by Crippen LogP contribution is 2.29. The minimum Gasteiger partial charge on any atom is -0.494 e. The molecule has 0 aromatic heterocycles. The van der Waals surface area contributed by atoms with Crippen LogP contribution in [0.3, 0.4) is 0 Å². The van der Waals surface area contributed by atoms with Crippen LogP contribution in [0.25, 0.3) is 0 Å². The lowest BCUT2D eigenvalue weighted by Crippen LogP contribution is -2.14. The van der Waals surface area contributed by atoms with Gasteiger partial charge in [0.15, 0.2) is 5.57 Å². The molecule has 122 valence electrons. The van der Waals surface area contributed by atoms with Gasteiger partial charge in [-0.3, -0.25) is 4.79 Å². The van der Waals surface area contributed by atoms with E-state index in [1.165, 1.54) is 7.11 Å². The molecule has 0 unspecified atom stereocenters. The van der Waals surface area contributed by atoms with Crippen molar-refractivity contribution in [2.45, 2.75) is 20.3 Å². The maximum atomic E-state index is 11.9. The Morgan fingerprint density at radius 3 is 2.33 bits per heavy atom. The third kappa shape index (κ3) is 5.05. The van der Waals surface area contributed by atoms with Crippen LogP contribution in [0.4, 0.5) is 11.4 Å². The summed E-state index contributed by atoms with van der Waals surface area (Å²) in [6, 6.07) is 9.87. The molecule has 24 heavy (non-hydrogen) atoms. The van der Waals surface area contributed by atoms with Gasteiger partial charge in [0.05, 0.1) is 12.8 Å². The Bertz CT molecular complexity index is 760. The minimum absolute atomic E-state index is 0.127. The second-order valence-corrected chi connectivity index (χ2v) is 5.27. The van der Waals surface area contributed by atoms with E-state index in [2.05, 4.69) is 10.6 Å². The zero-order chi connectivity index (χ0) is 18.1. The second kappa shape index (κ2) is 8.82. The number of carbonyl (C=O) groups excluding carboxylic acids is 1. The summed E-state index contributed by atoms with van der Waals surface area (Å²) in [6.07, 6.45) is 0.387. The number of hydrogen-bond donors (Lipinski definition) is 2. The Balaban J connectivity index is 3.05. The van der Waals surface area contributed by atoms with E-state index in [9.17, 15) is 4.79 Å². The van der Waals surface area contributed by atoms with Gasteiger partial charge in [0.2, 0.25) is 5.91 Å². The van der Waals surface area contributed by atoms with Crippen molar-refractivity contribution in [3.8, 4) is 24.0 Å². The molecule has 0 spiro atoms. The van der Waals surface area contributed by atoms with Crippen LogP contribution < -0.4 is 15.4 Å². The molecule has 1 aromatic rings. The fourth-order valence-corrected chi connectivity index (χ4v) is 1.87. The Hall–Kier alpha value is -3.50. The van der Waals surface area contributed by atoms with E-state index in [1.54, 1.807) is 36.4 Å². The molecule has 7 nitrogen and oxygen atoms in total. The molecule has 0 fully saturated rings. The molecule has 0 heterocycles. The van der Waals surface area contributed by atoms with Crippen LogP contribution in [-0.4, -0.2) is 13.0 Å². The summed E-state index contributed by atoms with van der Waals surface area (Å²) in [5, 5.41) is 32.2. The predicted molar refractivity (Wildman–Crippen MR) is 88.6 cm³/mol. The molecule has 0 aliphatic rings. The topological polar surface area (TPSA) is 122 Å². The molecule has 0 bridgehead atoms. The number of nitrogens with one attached hydrogen (secondary N) is 2. The monoisotopic (exact) mass is 323 g/mol. The Labute approximate surface area is 140 Å². The van der Waals surface area contributed by atoms with E-state index in [4.69, 9.17) is 20.5 Å². The normalized spacial score (nSPS) is 9.21. The third-order valence-corrected chi connectivity index (χ3v) is 2.92. The van der Waals surface area contributed by atoms with Gasteiger partial charge in [-0.15, -0.1) is 0 Å². The highest BCUT2D eigenvalue weighted by molar-refractivity contribution is 5.92. The van der Waals surface area contributed by atoms with Gasteiger partial charge in [-0.1, -0.05) is 13.8 Å². The van der Waals surface area contributed by atoms with Crippen molar-refractivity contribution in [3.05, 3.63) is 29.5 Å². The van der Waals surface area contributed by atoms with E-state index in [0.29, 0.717) is 23.5 Å². The molecular weight excluding hydrogens is 306 g/mol. The van der Waals surface area contributed by atoms with Crippen molar-refractivity contribution >= 4 is 17.3 Å². The quantitative estimate of drug-likeness (QED) is 0.776. The third-order valence-electron chi connectivity index (χ3n) is 2.92. The lowest BCUT2D eigenvalue weighted by atomic mass is 10.1. The molecule has 0 saturated heterocycles. The van der Waals surface area contributed by atoms with Gasteiger partial charge in [-0.2, -0.15) is 15.8 Å². The summed E-state index contributed by atoms with van der Waals surface area (Å²) in [4.78, 5) is 11.9. The largest absolute Gasteiger partial charge is 0.494 e. The highest BCUT2D eigenvalue weighted by Gasteiger charge is 2.12. The van der Waals surface area contributed by atoms with Crippen molar-refractivity contribution in [2.24, 2.45) is 5.92 Å². The van der Waals surface area contributed by atoms with Gasteiger partial charge in [-0.25, -0.2) is 0 Å². The maximum Gasteiger partial charge on any atom is 0.224 e. The average Bonchev–Trinajstić information content (AvgIpc) is 2.55. The molecular formula is C17H17N5O2. The molecule has 0 saturated carbocycles. The van der Waals surface area contributed by atoms with Gasteiger partial charge < -0.3 is 15.4 Å². The summed E-state index contributed by atoms with van der Waals surface area (Å²) >= 11 is 0. The smallest absolute Gasteiger partial charge is 0.224 e. The standard InChI is InChI=1S/C17H17N5O2/c1-11(2)6-17(23)22-14-5-4-13(7-16(14)24-3)21-15(10-20)12(8-18)9-19/h4-5,7,11,21H,6H2,1-3H3,(H,22,23). The van der Waals surface area contributed by atoms with Gasteiger partial charge in [0.1, 0.15) is 29.7 Å². The summed E-state index contributed by atoms with van der Waals surface area (Å²) in [5.74, 6) is 0.498. The van der Waals surface area contributed by atoms with Crippen LogP contribution in [0, 0.1) is 39.9 Å². The fourth-order valence-electron chi connectivity index (χ4n) is 1.87. The van der Waals surface area contributed by atoms with Gasteiger partial charge in [0.25, 0.3) is 0 Å². The van der Waals surface area contributed by atoms with Crippen LogP contribution in [0.5, 0.6) is 5.75 Å². The number of anilines is 2. The Kier molecular flexibility index (Phi) is 6.82. The predicted octanol–water partition coefficient (Wildman–Crippen LogP) is 2.92. The molecule has 2 N–H and O–H groups in total. The van der Waals surface area contributed by atoms with Crippen molar-refractivity contribution in [3.63, 3.8) is 0 Å². The average molecular weight is 323 g/mol. The summed E-state index contributed by atoms with van der Waals surface area (Å²) in [7, 11) is 1.45. The summed E-state index contributed by atoms with van der Waals surface area (Å²) in [5.41, 5.74) is 0.481. The lowest BCUT2D eigenvalue weighted by molar-refractivity contribution is -0.116. The number of amides is 1. The first-order valence-electron chi connectivity index (χ1n) is 7.14. The van der Waals surface area contributed by atoms with Crippen LogP contribution in [-0.2, 0) is 4.79 Å². The molecule has 1 amide bonds. The molecule has 1 rings (SSSR count). The zero-order valence-corrected chi connectivity index (χ0v) is 13.7. The number of hydrogen-bond acceptors (Lipinski definition) is 6.